The molecule has 2 rings (SSSR count). The number of rotatable bonds is 9. The van der Waals surface area contributed by atoms with E-state index in [0.717, 1.165) is 36.6 Å². The van der Waals surface area contributed by atoms with E-state index in [1.165, 1.54) is 32.4 Å². The first kappa shape index (κ1) is 18.6. The zero-order chi connectivity index (χ0) is 17.2. The predicted octanol–water partition coefficient (Wildman–Crippen LogP) is 2.63. The van der Waals surface area contributed by atoms with E-state index in [2.05, 4.69) is 10.2 Å². The first-order valence-corrected chi connectivity index (χ1v) is 8.92. The summed E-state index contributed by atoms with van der Waals surface area (Å²) >= 11 is 0. The number of amides is 1. The molecule has 0 aliphatic carbocycles. The molecule has 0 saturated carbocycles. The van der Waals surface area contributed by atoms with Crippen molar-refractivity contribution in [1.29, 1.82) is 0 Å². The second kappa shape index (κ2) is 10.2. The van der Waals surface area contributed by atoms with Crippen LogP contribution >= 0.6 is 0 Å². The molecule has 0 unspecified atom stereocenters. The van der Waals surface area contributed by atoms with Gasteiger partial charge in [0, 0.05) is 19.0 Å². The smallest absolute Gasteiger partial charge is 0.220 e. The van der Waals surface area contributed by atoms with Gasteiger partial charge in [-0.15, -0.1) is 0 Å². The second-order valence-corrected chi connectivity index (χ2v) is 6.33. The maximum atomic E-state index is 12.0. The van der Waals surface area contributed by atoms with E-state index in [0.29, 0.717) is 12.8 Å². The lowest BCUT2D eigenvalue weighted by Crippen LogP contribution is -2.33. The second-order valence-electron chi connectivity index (χ2n) is 6.33. The molecule has 0 radical (unpaired) electrons. The fraction of sp³-hybridized carbons (Fsp3) is 0.632. The van der Waals surface area contributed by atoms with Crippen molar-refractivity contribution in [1.82, 2.24) is 10.2 Å². The van der Waals surface area contributed by atoms with E-state index in [9.17, 15) is 4.79 Å². The molecular formula is C19H30N2O3. The summed E-state index contributed by atoms with van der Waals surface area (Å²) in [5, 5.41) is 3.02. The van der Waals surface area contributed by atoms with Crippen molar-refractivity contribution in [2.45, 2.75) is 38.5 Å². The zero-order valence-electron chi connectivity index (χ0n) is 15.0. The monoisotopic (exact) mass is 334 g/mol. The number of piperidine rings is 1. The third-order valence-electron chi connectivity index (χ3n) is 4.47. The fourth-order valence-corrected chi connectivity index (χ4v) is 3.07. The Kier molecular flexibility index (Phi) is 7.89. The summed E-state index contributed by atoms with van der Waals surface area (Å²) in [6, 6.07) is 5.74. The van der Waals surface area contributed by atoms with Gasteiger partial charge < -0.3 is 19.7 Å². The molecule has 1 aromatic carbocycles. The van der Waals surface area contributed by atoms with Gasteiger partial charge in [-0.3, -0.25) is 4.79 Å². The fourth-order valence-electron chi connectivity index (χ4n) is 3.07. The van der Waals surface area contributed by atoms with Crippen LogP contribution in [0.25, 0.3) is 0 Å². The molecule has 5 heteroatoms. The van der Waals surface area contributed by atoms with Gasteiger partial charge in [0.15, 0.2) is 0 Å². The van der Waals surface area contributed by atoms with Crippen LogP contribution in [-0.2, 0) is 11.2 Å². The first-order chi connectivity index (χ1) is 11.7. The molecule has 134 valence electrons. The largest absolute Gasteiger partial charge is 0.497 e. The Balaban J connectivity index is 1.65. The highest BCUT2D eigenvalue weighted by molar-refractivity contribution is 5.76. The maximum Gasteiger partial charge on any atom is 0.220 e. The Labute approximate surface area is 145 Å². The Hall–Kier alpha value is -1.75. The highest BCUT2D eigenvalue weighted by Gasteiger charge is 2.09. The molecule has 24 heavy (non-hydrogen) atoms. The summed E-state index contributed by atoms with van der Waals surface area (Å²) in [5.41, 5.74) is 1.05. The van der Waals surface area contributed by atoms with Crippen LogP contribution in [0.5, 0.6) is 11.5 Å². The van der Waals surface area contributed by atoms with Crippen molar-refractivity contribution >= 4 is 5.91 Å². The third-order valence-corrected chi connectivity index (χ3v) is 4.47. The molecule has 1 N–H and O–H groups in total. The number of hydrogen-bond donors (Lipinski definition) is 1. The van der Waals surface area contributed by atoms with Crippen molar-refractivity contribution in [3.05, 3.63) is 23.8 Å². The van der Waals surface area contributed by atoms with Crippen molar-refractivity contribution in [2.24, 2.45) is 0 Å². The van der Waals surface area contributed by atoms with Crippen molar-refractivity contribution < 1.29 is 14.3 Å². The molecule has 1 aliphatic rings. The van der Waals surface area contributed by atoms with Gasteiger partial charge in [0.05, 0.1) is 14.2 Å². The zero-order valence-corrected chi connectivity index (χ0v) is 15.0. The summed E-state index contributed by atoms with van der Waals surface area (Å²) in [6.45, 7) is 4.28. The maximum absolute atomic E-state index is 12.0. The van der Waals surface area contributed by atoms with Crippen LogP contribution in [0, 0.1) is 0 Å². The van der Waals surface area contributed by atoms with Crippen LogP contribution < -0.4 is 14.8 Å². The average molecular weight is 334 g/mol. The normalized spacial score (nSPS) is 15.1. The van der Waals surface area contributed by atoms with Gasteiger partial charge in [-0.25, -0.2) is 0 Å². The predicted molar refractivity (Wildman–Crippen MR) is 95.8 cm³/mol. The average Bonchev–Trinajstić information content (AvgIpc) is 2.64. The van der Waals surface area contributed by atoms with Gasteiger partial charge in [-0.05, 0) is 63.0 Å². The minimum absolute atomic E-state index is 0.107. The van der Waals surface area contributed by atoms with Gasteiger partial charge in [0.2, 0.25) is 5.91 Å². The molecule has 1 fully saturated rings. The molecule has 0 spiro atoms. The van der Waals surface area contributed by atoms with Crippen LogP contribution in [0.2, 0.25) is 0 Å². The van der Waals surface area contributed by atoms with Gasteiger partial charge >= 0.3 is 0 Å². The van der Waals surface area contributed by atoms with Crippen LogP contribution in [-0.4, -0.2) is 51.2 Å². The topological polar surface area (TPSA) is 50.8 Å². The minimum Gasteiger partial charge on any atom is -0.497 e. The Morgan fingerprint density at radius 1 is 1.08 bits per heavy atom. The molecule has 0 bridgehead atoms. The molecule has 5 nitrogen and oxygen atoms in total. The lowest BCUT2D eigenvalue weighted by atomic mass is 10.1. The van der Waals surface area contributed by atoms with Gasteiger partial charge in [-0.1, -0.05) is 6.42 Å². The standard InChI is InChI=1S/C19H30N2O3/c1-23-17-13-16(14-18(15-17)24-2)7-8-19(22)20-9-6-12-21-10-4-3-5-11-21/h13-15H,3-12H2,1-2H3,(H,20,22). The number of hydrogen-bond acceptors (Lipinski definition) is 4. The summed E-state index contributed by atoms with van der Waals surface area (Å²) in [6.07, 6.45) is 6.19. The number of carbonyl (C=O) groups excluding carboxylic acids is 1. The minimum atomic E-state index is 0.107. The molecule has 1 amide bonds. The Morgan fingerprint density at radius 3 is 2.38 bits per heavy atom. The van der Waals surface area contributed by atoms with Crippen molar-refractivity contribution in [2.75, 3.05) is 40.4 Å². The van der Waals surface area contributed by atoms with E-state index in [-0.39, 0.29) is 5.91 Å². The lowest BCUT2D eigenvalue weighted by molar-refractivity contribution is -0.121. The molecule has 1 aromatic rings. The van der Waals surface area contributed by atoms with Crippen LogP contribution in [0.1, 0.15) is 37.7 Å². The Bertz CT molecular complexity index is 491. The lowest BCUT2D eigenvalue weighted by Gasteiger charge is -2.26. The first-order valence-electron chi connectivity index (χ1n) is 8.92. The van der Waals surface area contributed by atoms with Crippen LogP contribution in [0.4, 0.5) is 0 Å². The SMILES string of the molecule is COc1cc(CCC(=O)NCCCN2CCCCC2)cc(OC)c1. The molecule has 1 heterocycles. The summed E-state index contributed by atoms with van der Waals surface area (Å²) in [4.78, 5) is 14.5. The van der Waals surface area contributed by atoms with Gasteiger partial charge in [0.25, 0.3) is 0 Å². The highest BCUT2D eigenvalue weighted by atomic mass is 16.5. The van der Waals surface area contributed by atoms with Crippen molar-refractivity contribution in [3.8, 4) is 11.5 Å². The number of methoxy groups -OCH3 is 2. The van der Waals surface area contributed by atoms with Crippen LogP contribution in [0.15, 0.2) is 18.2 Å². The molecule has 1 saturated heterocycles. The molecular weight excluding hydrogens is 304 g/mol. The van der Waals surface area contributed by atoms with Gasteiger partial charge in [0.1, 0.15) is 11.5 Å². The van der Waals surface area contributed by atoms with E-state index in [1.807, 2.05) is 18.2 Å². The number of carbonyl (C=O) groups is 1. The number of nitrogens with one attached hydrogen (secondary N) is 1. The molecule has 0 aromatic heterocycles. The molecule has 1 aliphatic heterocycles. The quantitative estimate of drug-likeness (QED) is 0.705. The third kappa shape index (κ3) is 6.40. The highest BCUT2D eigenvalue weighted by Crippen LogP contribution is 2.23. The number of nitrogens with zero attached hydrogens (tertiary/aromatic N) is 1. The van der Waals surface area contributed by atoms with E-state index in [4.69, 9.17) is 9.47 Å². The van der Waals surface area contributed by atoms with Gasteiger partial charge in [-0.2, -0.15) is 0 Å². The number of likely N-dealkylation sites (tertiary alicyclic amines) is 1. The Morgan fingerprint density at radius 2 is 1.75 bits per heavy atom. The van der Waals surface area contributed by atoms with E-state index in [1.54, 1.807) is 14.2 Å². The molecule has 0 atom stereocenters. The van der Waals surface area contributed by atoms with Crippen LogP contribution in [0.3, 0.4) is 0 Å². The number of benzene rings is 1. The summed E-state index contributed by atoms with van der Waals surface area (Å²) in [7, 11) is 3.27. The van der Waals surface area contributed by atoms with Crippen molar-refractivity contribution in [3.63, 3.8) is 0 Å². The number of aryl methyl sites for hydroxylation is 1. The van der Waals surface area contributed by atoms with E-state index < -0.39 is 0 Å². The summed E-state index contributed by atoms with van der Waals surface area (Å²) in [5.74, 6) is 1.62. The van der Waals surface area contributed by atoms with E-state index >= 15 is 0 Å². The number of ether oxygens (including phenoxy) is 2. The summed E-state index contributed by atoms with van der Waals surface area (Å²) < 4.78 is 10.5.